The van der Waals surface area contributed by atoms with Gasteiger partial charge in [-0.3, -0.25) is 0 Å². The van der Waals surface area contributed by atoms with Crippen molar-refractivity contribution in [3.05, 3.63) is 26.6 Å². The van der Waals surface area contributed by atoms with E-state index in [9.17, 15) is 5.11 Å². The van der Waals surface area contributed by atoms with Crippen molar-refractivity contribution in [3.63, 3.8) is 0 Å². The summed E-state index contributed by atoms with van der Waals surface area (Å²) in [4.78, 5) is 0. The molecule has 3 nitrogen and oxygen atoms in total. The van der Waals surface area contributed by atoms with E-state index in [-0.39, 0.29) is 6.10 Å². The van der Waals surface area contributed by atoms with Crippen LogP contribution in [0.5, 0.6) is 0 Å². The second-order valence-electron chi connectivity index (χ2n) is 4.86. The van der Waals surface area contributed by atoms with Crippen LogP contribution >= 0.6 is 31.9 Å². The van der Waals surface area contributed by atoms with Crippen LogP contribution < -0.4 is 11.1 Å². The summed E-state index contributed by atoms with van der Waals surface area (Å²) in [5, 5.41) is 13.1. The van der Waals surface area contributed by atoms with Gasteiger partial charge in [-0.05, 0) is 59.3 Å². The Labute approximate surface area is 124 Å². The Morgan fingerprint density at radius 1 is 1.33 bits per heavy atom. The third-order valence-electron chi connectivity index (χ3n) is 3.41. The predicted molar refractivity (Wildman–Crippen MR) is 81.4 cm³/mol. The molecular formula is C13H18Br2N2O. The number of anilines is 1. The Morgan fingerprint density at radius 2 is 2.11 bits per heavy atom. The van der Waals surface area contributed by atoms with Crippen LogP contribution in [0.3, 0.4) is 0 Å². The molecule has 0 spiro atoms. The van der Waals surface area contributed by atoms with Gasteiger partial charge < -0.3 is 16.2 Å². The first kappa shape index (κ1) is 14.3. The number of aliphatic hydroxyl groups is 1. The van der Waals surface area contributed by atoms with Gasteiger partial charge in [-0.1, -0.05) is 15.9 Å². The van der Waals surface area contributed by atoms with Gasteiger partial charge in [0, 0.05) is 21.5 Å². The van der Waals surface area contributed by atoms with Crippen LogP contribution in [0.4, 0.5) is 5.69 Å². The smallest absolute Gasteiger partial charge is 0.0555 e. The molecule has 5 heteroatoms. The molecule has 100 valence electrons. The fourth-order valence-corrected chi connectivity index (χ4v) is 3.70. The highest BCUT2D eigenvalue weighted by atomic mass is 79.9. The summed E-state index contributed by atoms with van der Waals surface area (Å²) in [6.45, 7) is 0.737. The van der Waals surface area contributed by atoms with Crippen LogP contribution in [0, 0.1) is 0 Å². The maximum absolute atomic E-state index is 9.64. The SMILES string of the molecule is Nc1c(Br)cc(Br)cc1CN[C@H]1CCC[C@H](O)C1. The molecule has 0 unspecified atom stereocenters. The number of nitrogen functional groups attached to an aromatic ring is 1. The van der Waals surface area contributed by atoms with Crippen molar-refractivity contribution in [2.75, 3.05) is 5.73 Å². The Hall–Kier alpha value is -0.100. The Kier molecular flexibility index (Phi) is 5.06. The second kappa shape index (κ2) is 6.37. The molecule has 1 saturated carbocycles. The quantitative estimate of drug-likeness (QED) is 0.709. The molecule has 1 aromatic rings. The largest absolute Gasteiger partial charge is 0.398 e. The minimum atomic E-state index is -0.150. The van der Waals surface area contributed by atoms with Gasteiger partial charge in [0.25, 0.3) is 0 Å². The summed E-state index contributed by atoms with van der Waals surface area (Å²) in [5.74, 6) is 0. The van der Waals surface area contributed by atoms with Crippen molar-refractivity contribution in [2.24, 2.45) is 0 Å². The average molecular weight is 378 g/mol. The van der Waals surface area contributed by atoms with E-state index in [2.05, 4.69) is 37.2 Å². The lowest BCUT2D eigenvalue weighted by Crippen LogP contribution is -2.35. The monoisotopic (exact) mass is 376 g/mol. The molecule has 0 saturated heterocycles. The molecule has 2 atom stereocenters. The Bertz CT molecular complexity index is 426. The Morgan fingerprint density at radius 3 is 2.83 bits per heavy atom. The topological polar surface area (TPSA) is 58.3 Å². The van der Waals surface area contributed by atoms with Gasteiger partial charge in [0.1, 0.15) is 0 Å². The maximum atomic E-state index is 9.64. The van der Waals surface area contributed by atoms with E-state index in [1.807, 2.05) is 12.1 Å². The third kappa shape index (κ3) is 3.70. The van der Waals surface area contributed by atoms with Crippen molar-refractivity contribution in [1.29, 1.82) is 0 Å². The van der Waals surface area contributed by atoms with Crippen LogP contribution in [0.1, 0.15) is 31.2 Å². The van der Waals surface area contributed by atoms with E-state index in [0.29, 0.717) is 6.04 Å². The fourth-order valence-electron chi connectivity index (χ4n) is 2.39. The van der Waals surface area contributed by atoms with Crippen molar-refractivity contribution in [2.45, 2.75) is 44.4 Å². The highest BCUT2D eigenvalue weighted by Gasteiger charge is 2.19. The standard InChI is InChI=1S/C13H18Br2N2O/c14-9-4-8(13(16)12(15)5-9)7-17-10-2-1-3-11(18)6-10/h4-5,10-11,17-18H,1-3,6-7,16H2/t10-,11-/m0/s1. The second-order valence-corrected chi connectivity index (χ2v) is 6.63. The number of halogens is 2. The number of aliphatic hydroxyl groups excluding tert-OH is 1. The minimum Gasteiger partial charge on any atom is -0.398 e. The first-order valence-electron chi connectivity index (χ1n) is 6.21. The molecule has 2 rings (SSSR count). The molecule has 1 aromatic carbocycles. The number of nitrogens with two attached hydrogens (primary N) is 1. The van der Waals surface area contributed by atoms with Crippen molar-refractivity contribution in [1.82, 2.24) is 5.32 Å². The lowest BCUT2D eigenvalue weighted by atomic mass is 9.93. The number of nitrogens with one attached hydrogen (secondary N) is 1. The van der Waals surface area contributed by atoms with Gasteiger partial charge in [0.15, 0.2) is 0 Å². The summed E-state index contributed by atoms with van der Waals surface area (Å²) in [5.41, 5.74) is 7.90. The van der Waals surface area contributed by atoms with Crippen LogP contribution in [0.25, 0.3) is 0 Å². The van der Waals surface area contributed by atoms with Crippen LogP contribution in [-0.4, -0.2) is 17.3 Å². The molecule has 0 amide bonds. The lowest BCUT2D eigenvalue weighted by Gasteiger charge is -2.27. The van der Waals surface area contributed by atoms with Crippen molar-refractivity contribution in [3.8, 4) is 0 Å². The van der Waals surface area contributed by atoms with Gasteiger partial charge in [0.05, 0.1) is 11.8 Å². The van der Waals surface area contributed by atoms with Crippen molar-refractivity contribution >= 4 is 37.5 Å². The zero-order chi connectivity index (χ0) is 13.1. The van der Waals surface area contributed by atoms with Crippen LogP contribution in [0.2, 0.25) is 0 Å². The molecule has 1 fully saturated rings. The van der Waals surface area contributed by atoms with E-state index in [1.54, 1.807) is 0 Å². The predicted octanol–water partition coefficient (Wildman–Crippen LogP) is 3.19. The first-order chi connectivity index (χ1) is 8.56. The van der Waals surface area contributed by atoms with Crippen LogP contribution in [0.15, 0.2) is 21.1 Å². The summed E-state index contributed by atoms with van der Waals surface area (Å²) in [6.07, 6.45) is 3.85. The summed E-state index contributed by atoms with van der Waals surface area (Å²) >= 11 is 6.92. The molecule has 0 radical (unpaired) electrons. The van der Waals surface area contributed by atoms with E-state index in [4.69, 9.17) is 5.73 Å². The summed E-state index contributed by atoms with van der Waals surface area (Å²) in [7, 11) is 0. The molecule has 1 aliphatic carbocycles. The lowest BCUT2D eigenvalue weighted by molar-refractivity contribution is 0.111. The average Bonchev–Trinajstić information content (AvgIpc) is 2.32. The Balaban J connectivity index is 1.97. The third-order valence-corrected chi connectivity index (χ3v) is 4.52. The first-order valence-corrected chi connectivity index (χ1v) is 7.79. The molecule has 1 aliphatic rings. The summed E-state index contributed by atoms with van der Waals surface area (Å²) in [6, 6.07) is 4.38. The molecule has 4 N–H and O–H groups in total. The normalized spacial score (nSPS) is 24.2. The number of benzene rings is 1. The van der Waals surface area contributed by atoms with Gasteiger partial charge in [-0.2, -0.15) is 0 Å². The van der Waals surface area contributed by atoms with Gasteiger partial charge >= 0.3 is 0 Å². The molecule has 0 bridgehead atoms. The molecule has 0 aliphatic heterocycles. The number of hydrogen-bond acceptors (Lipinski definition) is 3. The number of rotatable bonds is 3. The van der Waals surface area contributed by atoms with E-state index < -0.39 is 0 Å². The zero-order valence-corrected chi connectivity index (χ0v) is 13.3. The highest BCUT2D eigenvalue weighted by molar-refractivity contribution is 9.11. The van der Waals surface area contributed by atoms with Gasteiger partial charge in [-0.15, -0.1) is 0 Å². The molecule has 0 heterocycles. The fraction of sp³-hybridized carbons (Fsp3) is 0.538. The highest BCUT2D eigenvalue weighted by Crippen LogP contribution is 2.28. The van der Waals surface area contributed by atoms with Gasteiger partial charge in [-0.25, -0.2) is 0 Å². The summed E-state index contributed by atoms with van der Waals surface area (Å²) < 4.78 is 1.93. The van der Waals surface area contributed by atoms with Crippen molar-refractivity contribution < 1.29 is 5.11 Å². The minimum absolute atomic E-state index is 0.150. The van der Waals surface area contributed by atoms with Gasteiger partial charge in [0.2, 0.25) is 0 Å². The van der Waals surface area contributed by atoms with E-state index >= 15 is 0 Å². The van der Waals surface area contributed by atoms with E-state index in [0.717, 1.165) is 52.4 Å². The number of hydrogen-bond donors (Lipinski definition) is 3. The molecular weight excluding hydrogens is 360 g/mol. The molecule has 0 aromatic heterocycles. The zero-order valence-electron chi connectivity index (χ0n) is 10.1. The van der Waals surface area contributed by atoms with Crippen LogP contribution in [-0.2, 0) is 6.54 Å². The maximum Gasteiger partial charge on any atom is 0.0555 e. The molecule has 18 heavy (non-hydrogen) atoms. The van der Waals surface area contributed by atoms with E-state index in [1.165, 1.54) is 0 Å².